The second-order valence-electron chi connectivity index (χ2n) is 3.26. The van der Waals surface area contributed by atoms with Crippen LogP contribution in [0, 0.1) is 0 Å². The first kappa shape index (κ1) is 10.1. The highest BCUT2D eigenvalue weighted by Gasteiger charge is 2.09. The van der Waals surface area contributed by atoms with Crippen LogP contribution in [0.5, 0.6) is 0 Å². The molecule has 0 radical (unpaired) electrons. The quantitative estimate of drug-likeness (QED) is 0.614. The molecule has 7 nitrogen and oxygen atoms in total. The van der Waals surface area contributed by atoms with Crippen LogP contribution in [0.15, 0.2) is 35.0 Å². The molecule has 3 aromatic heterocycles. The molecule has 0 saturated carbocycles. The first-order valence-corrected chi connectivity index (χ1v) is 5.61. The monoisotopic (exact) mass is 245 g/mol. The molecule has 0 amide bonds. The fraction of sp³-hybridized carbons (Fsp3) is 0.111. The Labute approximate surface area is 100 Å². The summed E-state index contributed by atoms with van der Waals surface area (Å²) in [5, 5.41) is 13.6. The molecular formula is C9H7N7S. The van der Waals surface area contributed by atoms with Gasteiger partial charge in [-0.05, 0) is 28.3 Å². The molecule has 17 heavy (non-hydrogen) atoms. The van der Waals surface area contributed by atoms with Gasteiger partial charge in [-0.2, -0.15) is 0 Å². The largest absolute Gasteiger partial charge is 0.264 e. The van der Waals surface area contributed by atoms with Crippen molar-refractivity contribution in [3.63, 3.8) is 0 Å². The molecule has 0 atom stereocenters. The molecule has 0 aliphatic carbocycles. The van der Waals surface area contributed by atoms with Gasteiger partial charge in [0.2, 0.25) is 5.16 Å². The molecule has 8 heteroatoms. The van der Waals surface area contributed by atoms with Gasteiger partial charge >= 0.3 is 0 Å². The van der Waals surface area contributed by atoms with Crippen LogP contribution in [0.3, 0.4) is 0 Å². The Morgan fingerprint density at radius 1 is 1.29 bits per heavy atom. The molecule has 0 aliphatic rings. The zero-order valence-electron chi connectivity index (χ0n) is 8.85. The van der Waals surface area contributed by atoms with E-state index in [0.717, 1.165) is 15.9 Å². The molecule has 0 bridgehead atoms. The third kappa shape index (κ3) is 1.82. The average molecular weight is 245 g/mol. The van der Waals surface area contributed by atoms with Crippen LogP contribution in [0.4, 0.5) is 0 Å². The molecule has 0 fully saturated rings. The van der Waals surface area contributed by atoms with Crippen molar-refractivity contribution in [1.82, 2.24) is 35.2 Å². The van der Waals surface area contributed by atoms with Gasteiger partial charge in [0.1, 0.15) is 11.4 Å². The van der Waals surface area contributed by atoms with E-state index in [1.807, 2.05) is 6.07 Å². The van der Waals surface area contributed by atoms with Crippen LogP contribution in [-0.2, 0) is 7.05 Å². The number of pyridine rings is 1. The van der Waals surface area contributed by atoms with Gasteiger partial charge < -0.3 is 0 Å². The van der Waals surface area contributed by atoms with Gasteiger partial charge in [0, 0.05) is 19.4 Å². The first-order valence-electron chi connectivity index (χ1n) is 4.79. The molecule has 0 spiro atoms. The van der Waals surface area contributed by atoms with Crippen molar-refractivity contribution in [2.75, 3.05) is 0 Å². The minimum Gasteiger partial charge on any atom is -0.264 e. The van der Waals surface area contributed by atoms with Crippen LogP contribution in [-0.4, -0.2) is 35.2 Å². The summed E-state index contributed by atoms with van der Waals surface area (Å²) in [6.45, 7) is 0. The van der Waals surface area contributed by atoms with Crippen LogP contribution < -0.4 is 0 Å². The van der Waals surface area contributed by atoms with E-state index >= 15 is 0 Å². The van der Waals surface area contributed by atoms with Crippen molar-refractivity contribution < 1.29 is 0 Å². The molecule has 0 saturated heterocycles. The SMILES string of the molecule is Cn1nnnc1Sc1ncnc2ccncc12. The van der Waals surface area contributed by atoms with E-state index in [4.69, 9.17) is 0 Å². The third-order valence-corrected chi connectivity index (χ3v) is 3.22. The summed E-state index contributed by atoms with van der Waals surface area (Å²) in [7, 11) is 1.78. The summed E-state index contributed by atoms with van der Waals surface area (Å²) in [5.74, 6) is 0. The maximum atomic E-state index is 4.23. The van der Waals surface area contributed by atoms with Crippen LogP contribution in [0.25, 0.3) is 10.9 Å². The van der Waals surface area contributed by atoms with Crippen molar-refractivity contribution in [2.45, 2.75) is 10.2 Å². The van der Waals surface area contributed by atoms with E-state index in [9.17, 15) is 0 Å². The number of fused-ring (bicyclic) bond motifs is 1. The van der Waals surface area contributed by atoms with Gasteiger partial charge in [0.25, 0.3) is 0 Å². The van der Waals surface area contributed by atoms with Gasteiger partial charge in [-0.1, -0.05) is 0 Å². The van der Waals surface area contributed by atoms with E-state index in [2.05, 4.69) is 30.5 Å². The summed E-state index contributed by atoms with van der Waals surface area (Å²) in [5.41, 5.74) is 0.854. The van der Waals surface area contributed by atoms with Crippen molar-refractivity contribution in [3.8, 4) is 0 Å². The molecular weight excluding hydrogens is 238 g/mol. The molecule has 3 aromatic rings. The summed E-state index contributed by atoms with van der Waals surface area (Å²) < 4.78 is 1.59. The molecule has 84 valence electrons. The second-order valence-corrected chi connectivity index (χ2v) is 4.21. The number of hydrogen-bond donors (Lipinski definition) is 0. The maximum absolute atomic E-state index is 4.23. The third-order valence-electron chi connectivity index (χ3n) is 2.17. The zero-order chi connectivity index (χ0) is 11.7. The van der Waals surface area contributed by atoms with E-state index in [1.54, 1.807) is 24.1 Å². The highest BCUT2D eigenvalue weighted by Crippen LogP contribution is 2.27. The highest BCUT2D eigenvalue weighted by molar-refractivity contribution is 7.99. The standard InChI is InChI=1S/C9H7N7S/c1-16-9(13-14-15-16)17-8-6-4-10-3-2-7(6)11-5-12-8/h2-5H,1H3. The van der Waals surface area contributed by atoms with Crippen LogP contribution in [0.2, 0.25) is 0 Å². The predicted octanol–water partition coefficient (Wildman–Crippen LogP) is 0.700. The Morgan fingerprint density at radius 3 is 3.06 bits per heavy atom. The Hall–Kier alpha value is -2.09. The van der Waals surface area contributed by atoms with Crippen molar-refractivity contribution >= 4 is 22.7 Å². The topological polar surface area (TPSA) is 82.3 Å². The normalized spacial score (nSPS) is 10.9. The van der Waals surface area contributed by atoms with E-state index in [1.165, 1.54) is 18.1 Å². The Kier molecular flexibility index (Phi) is 2.41. The average Bonchev–Trinajstić information content (AvgIpc) is 2.76. The summed E-state index contributed by atoms with van der Waals surface area (Å²) >= 11 is 1.39. The van der Waals surface area contributed by atoms with E-state index in [0.29, 0.717) is 5.16 Å². The fourth-order valence-corrected chi connectivity index (χ4v) is 2.14. The Balaban J connectivity index is 2.09. The number of hydrogen-bond acceptors (Lipinski definition) is 7. The fourth-order valence-electron chi connectivity index (χ4n) is 1.35. The number of rotatable bonds is 2. The number of tetrazole rings is 1. The van der Waals surface area contributed by atoms with Crippen molar-refractivity contribution in [2.24, 2.45) is 7.05 Å². The Morgan fingerprint density at radius 2 is 2.24 bits per heavy atom. The van der Waals surface area contributed by atoms with Gasteiger partial charge in [-0.3, -0.25) is 4.98 Å². The van der Waals surface area contributed by atoms with Crippen molar-refractivity contribution in [3.05, 3.63) is 24.8 Å². The minimum atomic E-state index is 0.675. The first-order chi connectivity index (χ1) is 8.34. The summed E-state index contributed by atoms with van der Waals surface area (Å²) in [4.78, 5) is 12.5. The molecule has 3 heterocycles. The van der Waals surface area contributed by atoms with E-state index < -0.39 is 0 Å². The minimum absolute atomic E-state index is 0.675. The van der Waals surface area contributed by atoms with Gasteiger partial charge in [0.15, 0.2) is 0 Å². The lowest BCUT2D eigenvalue weighted by atomic mass is 10.3. The lowest BCUT2D eigenvalue weighted by Gasteiger charge is -2.01. The molecule has 0 unspecified atom stereocenters. The predicted molar refractivity (Wildman–Crippen MR) is 60.3 cm³/mol. The van der Waals surface area contributed by atoms with Crippen LogP contribution >= 0.6 is 11.8 Å². The molecule has 0 aliphatic heterocycles. The highest BCUT2D eigenvalue weighted by atomic mass is 32.2. The Bertz CT molecular complexity index is 660. The van der Waals surface area contributed by atoms with Gasteiger partial charge in [-0.15, -0.1) is 5.10 Å². The van der Waals surface area contributed by atoms with Crippen molar-refractivity contribution in [1.29, 1.82) is 0 Å². The zero-order valence-corrected chi connectivity index (χ0v) is 9.66. The number of nitrogens with zero attached hydrogens (tertiary/aromatic N) is 7. The molecule has 0 aromatic carbocycles. The summed E-state index contributed by atoms with van der Waals surface area (Å²) in [6, 6.07) is 1.84. The maximum Gasteiger partial charge on any atom is 0.215 e. The number of aryl methyl sites for hydroxylation is 1. The van der Waals surface area contributed by atoms with Crippen LogP contribution in [0.1, 0.15) is 0 Å². The lowest BCUT2D eigenvalue weighted by molar-refractivity contribution is 0.664. The number of aromatic nitrogens is 7. The van der Waals surface area contributed by atoms with Gasteiger partial charge in [0.05, 0.1) is 10.9 Å². The van der Waals surface area contributed by atoms with Gasteiger partial charge in [-0.25, -0.2) is 14.6 Å². The molecule has 3 rings (SSSR count). The second kappa shape index (κ2) is 4.06. The smallest absolute Gasteiger partial charge is 0.215 e. The lowest BCUT2D eigenvalue weighted by Crippen LogP contribution is -1.94. The van der Waals surface area contributed by atoms with E-state index in [-0.39, 0.29) is 0 Å². The molecule has 0 N–H and O–H groups in total. The summed E-state index contributed by atoms with van der Waals surface area (Å²) in [6.07, 6.45) is 4.96.